The quantitative estimate of drug-likeness (QED) is 0.700. The lowest BCUT2D eigenvalue weighted by Gasteiger charge is -2.08. The van der Waals surface area contributed by atoms with Gasteiger partial charge >= 0.3 is 0 Å². The van der Waals surface area contributed by atoms with E-state index in [9.17, 15) is 4.39 Å². The van der Waals surface area contributed by atoms with Crippen LogP contribution in [0.25, 0.3) is 16.7 Å². The number of anilines is 1. The van der Waals surface area contributed by atoms with Gasteiger partial charge in [-0.25, -0.2) is 9.37 Å². The molecule has 0 atom stereocenters. The van der Waals surface area contributed by atoms with Gasteiger partial charge in [0.1, 0.15) is 5.82 Å². The van der Waals surface area contributed by atoms with Crippen LogP contribution in [-0.4, -0.2) is 9.55 Å². The van der Waals surface area contributed by atoms with Crippen LogP contribution < -0.4 is 5.73 Å². The lowest BCUT2D eigenvalue weighted by atomic mass is 10.2. The fraction of sp³-hybridized carbons (Fsp3) is 0.0714. The number of aryl methyl sites for hydroxylation is 1. The van der Waals surface area contributed by atoms with Gasteiger partial charge in [0.2, 0.25) is 5.95 Å². The van der Waals surface area contributed by atoms with Crippen molar-refractivity contribution in [2.75, 3.05) is 5.73 Å². The van der Waals surface area contributed by atoms with Crippen molar-refractivity contribution in [1.82, 2.24) is 9.55 Å². The molecular formula is C14H10BrClFN3. The summed E-state index contributed by atoms with van der Waals surface area (Å²) in [6.45, 7) is 1.99. The number of fused-ring (bicyclic) bond motifs is 1. The molecule has 20 heavy (non-hydrogen) atoms. The first kappa shape index (κ1) is 13.4. The van der Waals surface area contributed by atoms with E-state index < -0.39 is 5.82 Å². The zero-order valence-corrected chi connectivity index (χ0v) is 12.8. The minimum absolute atomic E-state index is 0.0345. The van der Waals surface area contributed by atoms with E-state index in [0.717, 1.165) is 15.7 Å². The highest BCUT2D eigenvalue weighted by atomic mass is 79.9. The molecule has 2 aromatic carbocycles. The minimum atomic E-state index is -0.494. The average molecular weight is 355 g/mol. The molecule has 2 N–H and O–H groups in total. The third-order valence-corrected chi connectivity index (χ3v) is 4.28. The average Bonchev–Trinajstić information content (AvgIpc) is 2.69. The molecule has 0 saturated heterocycles. The molecule has 3 rings (SSSR count). The monoisotopic (exact) mass is 353 g/mol. The molecule has 0 unspecified atom stereocenters. The molecule has 102 valence electrons. The lowest BCUT2D eigenvalue weighted by molar-refractivity contribution is 0.629. The molecule has 1 heterocycles. The third-order valence-electron chi connectivity index (χ3n) is 3.14. The van der Waals surface area contributed by atoms with Gasteiger partial charge in [-0.05, 0) is 30.7 Å². The maximum atomic E-state index is 13.7. The number of imidazole rings is 1. The van der Waals surface area contributed by atoms with E-state index in [0.29, 0.717) is 11.0 Å². The zero-order valence-electron chi connectivity index (χ0n) is 10.5. The molecule has 0 aliphatic carbocycles. The van der Waals surface area contributed by atoms with Crippen LogP contribution >= 0.6 is 27.5 Å². The van der Waals surface area contributed by atoms with Crippen LogP contribution in [0.15, 0.2) is 34.8 Å². The van der Waals surface area contributed by atoms with E-state index in [4.69, 9.17) is 17.3 Å². The van der Waals surface area contributed by atoms with Crippen molar-refractivity contribution >= 4 is 44.5 Å². The van der Waals surface area contributed by atoms with Crippen LogP contribution in [0.5, 0.6) is 0 Å². The van der Waals surface area contributed by atoms with Crippen LogP contribution in [0.4, 0.5) is 10.3 Å². The van der Waals surface area contributed by atoms with Crippen molar-refractivity contribution in [3.8, 4) is 5.69 Å². The predicted octanol–water partition coefficient (Wildman–Crippen LogP) is 4.47. The molecule has 1 aromatic heterocycles. The Kier molecular flexibility index (Phi) is 3.18. The number of nitrogens with zero attached hydrogens (tertiary/aromatic N) is 2. The second-order valence-electron chi connectivity index (χ2n) is 4.49. The van der Waals surface area contributed by atoms with E-state index in [1.165, 1.54) is 12.1 Å². The molecule has 0 bridgehead atoms. The molecule has 0 saturated carbocycles. The minimum Gasteiger partial charge on any atom is -0.369 e. The highest BCUT2D eigenvalue weighted by Crippen LogP contribution is 2.29. The van der Waals surface area contributed by atoms with Gasteiger partial charge in [0, 0.05) is 10.5 Å². The number of aromatic nitrogens is 2. The Morgan fingerprint density at radius 2 is 2.05 bits per heavy atom. The number of benzene rings is 2. The van der Waals surface area contributed by atoms with Crippen LogP contribution in [0.2, 0.25) is 5.02 Å². The number of nitrogen functional groups attached to an aromatic ring is 1. The summed E-state index contributed by atoms with van der Waals surface area (Å²) in [5, 5.41) is 0.0345. The number of hydrogen-bond donors (Lipinski definition) is 1. The predicted molar refractivity (Wildman–Crippen MR) is 82.9 cm³/mol. The van der Waals surface area contributed by atoms with Crippen molar-refractivity contribution in [1.29, 1.82) is 0 Å². The Morgan fingerprint density at radius 3 is 2.75 bits per heavy atom. The van der Waals surface area contributed by atoms with Crippen LogP contribution in [0.1, 0.15) is 5.56 Å². The molecule has 0 fully saturated rings. The summed E-state index contributed by atoms with van der Waals surface area (Å²) in [5.41, 5.74) is 9.00. The largest absolute Gasteiger partial charge is 0.369 e. The Balaban J connectivity index is 2.32. The highest BCUT2D eigenvalue weighted by Gasteiger charge is 2.13. The number of halogens is 3. The highest BCUT2D eigenvalue weighted by molar-refractivity contribution is 9.10. The van der Waals surface area contributed by atoms with Crippen molar-refractivity contribution in [3.05, 3.63) is 51.2 Å². The first-order chi connectivity index (χ1) is 9.47. The van der Waals surface area contributed by atoms with Gasteiger partial charge in [-0.3, -0.25) is 4.57 Å². The summed E-state index contributed by atoms with van der Waals surface area (Å²) >= 11 is 9.25. The van der Waals surface area contributed by atoms with Gasteiger partial charge in [-0.1, -0.05) is 33.6 Å². The normalized spacial score (nSPS) is 11.2. The van der Waals surface area contributed by atoms with E-state index in [1.54, 1.807) is 4.57 Å². The van der Waals surface area contributed by atoms with Crippen molar-refractivity contribution in [2.45, 2.75) is 6.92 Å². The molecular weight excluding hydrogens is 345 g/mol. The van der Waals surface area contributed by atoms with E-state index >= 15 is 0 Å². The Hall–Kier alpha value is -1.59. The zero-order chi connectivity index (χ0) is 14.4. The van der Waals surface area contributed by atoms with Crippen LogP contribution in [-0.2, 0) is 0 Å². The summed E-state index contributed by atoms with van der Waals surface area (Å²) in [5.74, 6) is -0.205. The fourth-order valence-electron chi connectivity index (χ4n) is 2.08. The van der Waals surface area contributed by atoms with Crippen molar-refractivity contribution < 1.29 is 4.39 Å². The summed E-state index contributed by atoms with van der Waals surface area (Å²) in [7, 11) is 0. The second kappa shape index (κ2) is 4.75. The fourth-order valence-corrected chi connectivity index (χ4v) is 2.61. The van der Waals surface area contributed by atoms with Gasteiger partial charge in [0.15, 0.2) is 0 Å². The smallest absolute Gasteiger partial charge is 0.205 e. The van der Waals surface area contributed by atoms with Crippen LogP contribution in [0, 0.1) is 12.7 Å². The summed E-state index contributed by atoms with van der Waals surface area (Å²) in [4.78, 5) is 4.22. The third kappa shape index (κ3) is 2.07. The molecule has 0 spiro atoms. The molecule has 0 radical (unpaired) electrons. The molecule has 3 nitrogen and oxygen atoms in total. The Bertz CT molecular complexity index is 829. The molecule has 3 aromatic rings. The second-order valence-corrected chi connectivity index (χ2v) is 5.76. The van der Waals surface area contributed by atoms with Crippen molar-refractivity contribution in [3.63, 3.8) is 0 Å². The molecule has 6 heteroatoms. The van der Waals surface area contributed by atoms with E-state index in [-0.39, 0.29) is 11.0 Å². The van der Waals surface area contributed by atoms with Gasteiger partial charge in [-0.2, -0.15) is 0 Å². The summed E-state index contributed by atoms with van der Waals surface area (Å²) < 4.78 is 16.3. The first-order valence-corrected chi connectivity index (χ1v) is 7.04. The molecule has 0 aliphatic rings. The maximum absolute atomic E-state index is 13.7. The van der Waals surface area contributed by atoms with Crippen molar-refractivity contribution in [2.24, 2.45) is 0 Å². The number of hydrogen-bond acceptors (Lipinski definition) is 2. The SMILES string of the molecule is Cc1ccc(-n2c(N)nc3cc(Cl)c(F)cc32)cc1Br. The summed E-state index contributed by atoms with van der Waals surface area (Å²) in [6, 6.07) is 8.59. The maximum Gasteiger partial charge on any atom is 0.205 e. The topological polar surface area (TPSA) is 43.8 Å². The summed E-state index contributed by atoms with van der Waals surface area (Å²) in [6.07, 6.45) is 0. The Labute approximate surface area is 128 Å². The lowest BCUT2D eigenvalue weighted by Crippen LogP contribution is -2.01. The van der Waals surface area contributed by atoms with Gasteiger partial charge in [0.05, 0.1) is 21.7 Å². The van der Waals surface area contributed by atoms with Crippen LogP contribution in [0.3, 0.4) is 0 Å². The van der Waals surface area contributed by atoms with Gasteiger partial charge in [0.25, 0.3) is 0 Å². The van der Waals surface area contributed by atoms with Gasteiger partial charge < -0.3 is 5.73 Å². The standard InChI is InChI=1S/C14H10BrClFN3/c1-7-2-3-8(4-9(7)15)20-13-6-11(17)10(16)5-12(13)19-14(20)18/h2-6H,1H3,(H2,18,19). The Morgan fingerprint density at radius 1 is 1.30 bits per heavy atom. The van der Waals surface area contributed by atoms with E-state index in [2.05, 4.69) is 20.9 Å². The molecule has 0 amide bonds. The van der Waals surface area contributed by atoms with Gasteiger partial charge in [-0.15, -0.1) is 0 Å². The number of rotatable bonds is 1. The van der Waals surface area contributed by atoms with E-state index in [1.807, 2.05) is 25.1 Å². The number of nitrogens with two attached hydrogens (primary N) is 1. The first-order valence-electron chi connectivity index (χ1n) is 5.87. The molecule has 0 aliphatic heterocycles.